The summed E-state index contributed by atoms with van der Waals surface area (Å²) < 4.78 is 11.6. The summed E-state index contributed by atoms with van der Waals surface area (Å²) in [6, 6.07) is 23.7. The first kappa shape index (κ1) is 22.7. The molecule has 1 aliphatic heterocycles. The van der Waals surface area contributed by atoms with Crippen LogP contribution < -0.4 is 0 Å². The summed E-state index contributed by atoms with van der Waals surface area (Å²) in [4.78, 5) is 7.11. The maximum atomic E-state index is 11.6. The van der Waals surface area contributed by atoms with Crippen molar-refractivity contribution in [3.05, 3.63) is 94.8 Å². The highest BCUT2D eigenvalue weighted by Gasteiger charge is 2.15. The Morgan fingerprint density at radius 1 is 0.853 bits per heavy atom. The second-order valence-electron chi connectivity index (χ2n) is 9.10. The smallest absolute Gasteiger partial charge is 0.181 e. The van der Waals surface area contributed by atoms with Gasteiger partial charge in [-0.1, -0.05) is 60.7 Å². The molecule has 1 aromatic heterocycles. The molecule has 34 heavy (non-hydrogen) atoms. The minimum atomic E-state index is -0.636. The maximum absolute atomic E-state index is 11.6. The minimum absolute atomic E-state index is 0.636. The molecule has 4 aromatic rings. The molecule has 1 fully saturated rings. The summed E-state index contributed by atoms with van der Waals surface area (Å²) in [5.74, 6) is 3.17. The van der Waals surface area contributed by atoms with Gasteiger partial charge < -0.3 is 0 Å². The van der Waals surface area contributed by atoms with Crippen LogP contribution in [-0.4, -0.2) is 48.9 Å². The normalized spacial score (nSPS) is 15.0. The van der Waals surface area contributed by atoms with Crippen LogP contribution in [-0.2, 0) is 23.8 Å². The molecule has 1 N–H and O–H groups in total. The van der Waals surface area contributed by atoms with Crippen LogP contribution in [0.15, 0.2) is 66.7 Å². The van der Waals surface area contributed by atoms with E-state index in [1.807, 2.05) is 0 Å². The Bertz CT molecular complexity index is 1300. The van der Waals surface area contributed by atoms with Gasteiger partial charge in [-0.2, -0.15) is 5.10 Å². The standard InChI is InChI=1S/C28H30N4OS/c1-20-6-7-22(16-21(20)2)18-27-29-28(31-30-27)25-10-8-24(9-11-25)26-5-3-4-23(17-26)19-32-12-14-34(33)15-13-32/h3-11,16-17H,12-15,18-19H2,1-2H3,(H,29,30,31). The van der Waals surface area contributed by atoms with E-state index in [9.17, 15) is 4.21 Å². The number of hydrogen-bond acceptors (Lipinski definition) is 4. The lowest BCUT2D eigenvalue weighted by atomic mass is 10.0. The van der Waals surface area contributed by atoms with Gasteiger partial charge in [0, 0.05) is 53.9 Å². The molecular weight excluding hydrogens is 440 g/mol. The molecule has 0 amide bonds. The minimum Gasteiger partial charge on any atom is -0.297 e. The fourth-order valence-electron chi connectivity index (χ4n) is 4.36. The number of aromatic nitrogens is 3. The van der Waals surface area contributed by atoms with Gasteiger partial charge in [-0.25, -0.2) is 4.98 Å². The average molecular weight is 471 g/mol. The highest BCUT2D eigenvalue weighted by molar-refractivity contribution is 7.85. The van der Waals surface area contributed by atoms with Crippen LogP contribution in [0.1, 0.15) is 28.1 Å². The van der Waals surface area contributed by atoms with E-state index in [0.29, 0.717) is 0 Å². The largest absolute Gasteiger partial charge is 0.297 e. The summed E-state index contributed by atoms with van der Waals surface area (Å²) in [5.41, 5.74) is 8.51. The Morgan fingerprint density at radius 2 is 1.62 bits per heavy atom. The Labute approximate surface area is 203 Å². The molecule has 0 unspecified atom stereocenters. The highest BCUT2D eigenvalue weighted by Crippen LogP contribution is 2.25. The molecule has 0 radical (unpaired) electrons. The van der Waals surface area contributed by atoms with E-state index in [-0.39, 0.29) is 0 Å². The van der Waals surface area contributed by atoms with Crippen LogP contribution in [0.4, 0.5) is 0 Å². The SMILES string of the molecule is Cc1ccc(Cc2nc(-c3ccc(-c4cccc(CN5CCS(=O)CC5)c4)cc3)n[nH]2)cc1C. The van der Waals surface area contributed by atoms with Crippen molar-refractivity contribution >= 4 is 10.8 Å². The molecule has 1 aliphatic rings. The molecular formula is C28H30N4OS. The van der Waals surface area contributed by atoms with E-state index in [0.717, 1.165) is 54.8 Å². The third-order valence-electron chi connectivity index (χ3n) is 6.55. The molecule has 0 saturated carbocycles. The maximum Gasteiger partial charge on any atom is 0.181 e. The number of hydrogen-bond donors (Lipinski definition) is 1. The molecule has 0 bridgehead atoms. The molecule has 0 spiro atoms. The van der Waals surface area contributed by atoms with Crippen molar-refractivity contribution in [1.82, 2.24) is 20.1 Å². The van der Waals surface area contributed by atoms with Crippen LogP contribution >= 0.6 is 0 Å². The molecule has 0 atom stereocenters. The Hall–Kier alpha value is -3.09. The van der Waals surface area contributed by atoms with Crippen molar-refractivity contribution < 1.29 is 4.21 Å². The summed E-state index contributed by atoms with van der Waals surface area (Å²) >= 11 is 0. The Kier molecular flexibility index (Phi) is 6.70. The monoisotopic (exact) mass is 470 g/mol. The quantitative estimate of drug-likeness (QED) is 0.435. The average Bonchev–Trinajstić information content (AvgIpc) is 3.32. The fourth-order valence-corrected chi connectivity index (χ4v) is 5.49. The van der Waals surface area contributed by atoms with Gasteiger partial charge >= 0.3 is 0 Å². The molecule has 5 nitrogen and oxygen atoms in total. The van der Waals surface area contributed by atoms with Crippen LogP contribution in [0.5, 0.6) is 0 Å². The van der Waals surface area contributed by atoms with Crippen molar-refractivity contribution in [1.29, 1.82) is 0 Å². The van der Waals surface area contributed by atoms with E-state index in [1.165, 1.54) is 33.4 Å². The topological polar surface area (TPSA) is 61.9 Å². The van der Waals surface area contributed by atoms with E-state index in [1.54, 1.807) is 0 Å². The molecule has 6 heteroatoms. The van der Waals surface area contributed by atoms with Gasteiger partial charge in [-0.3, -0.25) is 14.2 Å². The predicted octanol–water partition coefficient (Wildman–Crippen LogP) is 4.91. The van der Waals surface area contributed by atoms with Crippen LogP contribution in [0.3, 0.4) is 0 Å². The van der Waals surface area contributed by atoms with Crippen molar-refractivity contribution in [3.63, 3.8) is 0 Å². The van der Waals surface area contributed by atoms with Gasteiger partial charge in [0.15, 0.2) is 5.82 Å². The lowest BCUT2D eigenvalue weighted by Crippen LogP contribution is -2.37. The zero-order chi connectivity index (χ0) is 23.5. The van der Waals surface area contributed by atoms with Gasteiger partial charge in [0.2, 0.25) is 0 Å². The van der Waals surface area contributed by atoms with E-state index >= 15 is 0 Å². The van der Waals surface area contributed by atoms with Gasteiger partial charge in [0.05, 0.1) is 0 Å². The predicted molar refractivity (Wildman–Crippen MR) is 139 cm³/mol. The first-order valence-electron chi connectivity index (χ1n) is 11.8. The van der Waals surface area contributed by atoms with Crippen molar-refractivity contribution in [2.45, 2.75) is 26.8 Å². The second-order valence-corrected chi connectivity index (χ2v) is 10.8. The lowest BCUT2D eigenvalue weighted by Gasteiger charge is -2.26. The number of benzene rings is 3. The zero-order valence-electron chi connectivity index (χ0n) is 19.8. The highest BCUT2D eigenvalue weighted by atomic mass is 32.2. The number of H-pyrrole nitrogens is 1. The first-order chi connectivity index (χ1) is 16.5. The van der Waals surface area contributed by atoms with Gasteiger partial charge in [-0.15, -0.1) is 0 Å². The van der Waals surface area contributed by atoms with Gasteiger partial charge in [0.1, 0.15) is 5.82 Å². The van der Waals surface area contributed by atoms with Crippen LogP contribution in [0, 0.1) is 13.8 Å². The van der Waals surface area contributed by atoms with Crippen molar-refractivity contribution in [3.8, 4) is 22.5 Å². The van der Waals surface area contributed by atoms with Gasteiger partial charge in [0.25, 0.3) is 0 Å². The zero-order valence-corrected chi connectivity index (χ0v) is 20.6. The Morgan fingerprint density at radius 3 is 2.38 bits per heavy atom. The van der Waals surface area contributed by atoms with Crippen molar-refractivity contribution in [2.24, 2.45) is 0 Å². The van der Waals surface area contributed by atoms with Crippen molar-refractivity contribution in [2.75, 3.05) is 24.6 Å². The third-order valence-corrected chi connectivity index (χ3v) is 7.83. The molecule has 1 saturated heterocycles. The Balaban J connectivity index is 1.27. The third kappa shape index (κ3) is 5.34. The number of nitrogens with one attached hydrogen (secondary N) is 1. The van der Waals surface area contributed by atoms with E-state index in [4.69, 9.17) is 4.98 Å². The summed E-state index contributed by atoms with van der Waals surface area (Å²) in [7, 11) is -0.636. The van der Waals surface area contributed by atoms with Gasteiger partial charge in [-0.05, 0) is 53.3 Å². The molecule has 5 rings (SSSR count). The summed E-state index contributed by atoms with van der Waals surface area (Å²) in [6.07, 6.45) is 0.742. The number of nitrogens with zero attached hydrogens (tertiary/aromatic N) is 3. The first-order valence-corrected chi connectivity index (χ1v) is 13.3. The van der Waals surface area contributed by atoms with E-state index < -0.39 is 10.8 Å². The molecule has 0 aliphatic carbocycles. The fraction of sp³-hybridized carbons (Fsp3) is 0.286. The lowest BCUT2D eigenvalue weighted by molar-refractivity contribution is 0.291. The number of rotatable bonds is 6. The molecule has 2 heterocycles. The summed E-state index contributed by atoms with van der Waals surface area (Å²) in [5, 5.41) is 7.54. The van der Waals surface area contributed by atoms with Crippen LogP contribution in [0.2, 0.25) is 0 Å². The molecule has 3 aromatic carbocycles. The van der Waals surface area contributed by atoms with Crippen LogP contribution in [0.25, 0.3) is 22.5 Å². The molecule has 174 valence electrons. The second kappa shape index (κ2) is 10.0. The summed E-state index contributed by atoms with van der Waals surface area (Å²) in [6.45, 7) is 6.99. The van der Waals surface area contributed by atoms with E-state index in [2.05, 4.69) is 95.7 Å². The number of aryl methyl sites for hydroxylation is 2. The number of aromatic amines is 1.